The van der Waals surface area contributed by atoms with Crippen molar-refractivity contribution in [3.63, 3.8) is 0 Å². The Morgan fingerprint density at radius 3 is 2.75 bits per heavy atom. The lowest BCUT2D eigenvalue weighted by Crippen LogP contribution is -2.12. The monoisotopic (exact) mass is 364 g/mol. The van der Waals surface area contributed by atoms with Gasteiger partial charge in [0.15, 0.2) is 11.6 Å². The lowest BCUT2D eigenvalue weighted by atomic mass is 10.1. The van der Waals surface area contributed by atoms with E-state index < -0.39 is 6.09 Å². The van der Waals surface area contributed by atoms with Crippen molar-refractivity contribution in [3.8, 4) is 11.4 Å². The standard InChI is InChI=1S/C14H10Cl2N6O2/c1-7-20-21-12(22(7)14(23)24)8-4-2-3-5-10(8)18-11-9(15)6-17-13(16)19-11/h2-6H,1H3,(H,23,24)(H,17,18,19). The van der Waals surface area contributed by atoms with Crippen molar-refractivity contribution >= 4 is 40.8 Å². The average Bonchev–Trinajstić information content (AvgIpc) is 2.93. The van der Waals surface area contributed by atoms with Crippen molar-refractivity contribution in [2.75, 3.05) is 5.32 Å². The molecule has 0 unspecified atom stereocenters. The number of halogens is 2. The molecule has 0 aliphatic rings. The van der Waals surface area contributed by atoms with Gasteiger partial charge in [0.2, 0.25) is 5.28 Å². The van der Waals surface area contributed by atoms with E-state index in [0.29, 0.717) is 17.1 Å². The summed E-state index contributed by atoms with van der Waals surface area (Å²) in [6.45, 7) is 1.56. The van der Waals surface area contributed by atoms with Crippen molar-refractivity contribution in [1.82, 2.24) is 24.7 Å². The largest absolute Gasteiger partial charge is 0.464 e. The van der Waals surface area contributed by atoms with E-state index in [-0.39, 0.29) is 22.0 Å². The van der Waals surface area contributed by atoms with E-state index in [2.05, 4.69) is 25.5 Å². The van der Waals surface area contributed by atoms with Crippen LogP contribution in [0.4, 0.5) is 16.3 Å². The van der Waals surface area contributed by atoms with Gasteiger partial charge < -0.3 is 10.4 Å². The number of carbonyl (C=O) groups is 1. The summed E-state index contributed by atoms with van der Waals surface area (Å²) in [5.74, 6) is 0.733. The summed E-state index contributed by atoms with van der Waals surface area (Å²) in [6.07, 6.45) is 0.191. The molecule has 122 valence electrons. The normalized spacial score (nSPS) is 10.6. The molecule has 0 spiro atoms. The minimum atomic E-state index is -1.18. The molecule has 0 fully saturated rings. The van der Waals surface area contributed by atoms with E-state index in [1.54, 1.807) is 31.2 Å². The number of carboxylic acid groups (broad SMARTS) is 1. The second-order valence-electron chi connectivity index (χ2n) is 4.69. The lowest BCUT2D eigenvalue weighted by Gasteiger charge is -2.12. The summed E-state index contributed by atoms with van der Waals surface area (Å²) < 4.78 is 0.995. The van der Waals surface area contributed by atoms with Crippen molar-refractivity contribution in [2.45, 2.75) is 6.92 Å². The van der Waals surface area contributed by atoms with Crippen LogP contribution in [-0.2, 0) is 0 Å². The topological polar surface area (TPSA) is 106 Å². The zero-order chi connectivity index (χ0) is 17.3. The van der Waals surface area contributed by atoms with Crippen LogP contribution in [0, 0.1) is 6.92 Å². The van der Waals surface area contributed by atoms with E-state index in [1.165, 1.54) is 6.20 Å². The third-order valence-corrected chi connectivity index (χ3v) is 3.61. The van der Waals surface area contributed by atoms with Gasteiger partial charge in [0, 0.05) is 5.56 Å². The number of nitrogens with zero attached hydrogens (tertiary/aromatic N) is 5. The maximum absolute atomic E-state index is 11.4. The van der Waals surface area contributed by atoms with E-state index >= 15 is 0 Å². The number of para-hydroxylation sites is 1. The van der Waals surface area contributed by atoms with Crippen molar-refractivity contribution < 1.29 is 9.90 Å². The van der Waals surface area contributed by atoms with Crippen LogP contribution in [0.5, 0.6) is 0 Å². The smallest absolute Gasteiger partial charge is 0.418 e. The number of anilines is 2. The van der Waals surface area contributed by atoms with Gasteiger partial charge in [-0.15, -0.1) is 10.2 Å². The number of hydrogen-bond acceptors (Lipinski definition) is 6. The van der Waals surface area contributed by atoms with Gasteiger partial charge in [0.05, 0.1) is 11.9 Å². The van der Waals surface area contributed by atoms with E-state index in [4.69, 9.17) is 23.2 Å². The summed E-state index contributed by atoms with van der Waals surface area (Å²) in [6, 6.07) is 6.97. The summed E-state index contributed by atoms with van der Waals surface area (Å²) in [5.41, 5.74) is 1.07. The van der Waals surface area contributed by atoms with Crippen molar-refractivity contribution in [3.05, 3.63) is 46.6 Å². The van der Waals surface area contributed by atoms with Gasteiger partial charge in [-0.25, -0.2) is 14.3 Å². The summed E-state index contributed by atoms with van der Waals surface area (Å²) in [7, 11) is 0. The van der Waals surface area contributed by atoms with Crippen LogP contribution >= 0.6 is 23.2 Å². The lowest BCUT2D eigenvalue weighted by molar-refractivity contribution is 0.196. The van der Waals surface area contributed by atoms with Crippen molar-refractivity contribution in [2.24, 2.45) is 0 Å². The summed E-state index contributed by atoms with van der Waals surface area (Å²) in [4.78, 5) is 19.2. The summed E-state index contributed by atoms with van der Waals surface area (Å²) in [5, 5.41) is 20.5. The van der Waals surface area contributed by atoms with Crippen LogP contribution < -0.4 is 5.32 Å². The number of benzene rings is 1. The maximum atomic E-state index is 11.4. The fourth-order valence-electron chi connectivity index (χ4n) is 2.11. The predicted octanol–water partition coefficient (Wildman–Crippen LogP) is 3.62. The van der Waals surface area contributed by atoms with E-state index in [1.807, 2.05) is 0 Å². The van der Waals surface area contributed by atoms with Crippen LogP contribution in [0.15, 0.2) is 30.5 Å². The molecule has 10 heteroatoms. The Bertz CT molecular complexity index is 927. The van der Waals surface area contributed by atoms with Gasteiger partial charge in [-0.3, -0.25) is 0 Å². The van der Waals surface area contributed by atoms with Crippen LogP contribution in [0.1, 0.15) is 5.82 Å². The highest BCUT2D eigenvalue weighted by Crippen LogP contribution is 2.31. The van der Waals surface area contributed by atoms with Gasteiger partial charge in [0.25, 0.3) is 0 Å². The quantitative estimate of drug-likeness (QED) is 0.683. The first kappa shape index (κ1) is 16.2. The Balaban J connectivity index is 2.10. The third kappa shape index (κ3) is 3.01. The Morgan fingerprint density at radius 1 is 1.25 bits per heavy atom. The zero-order valence-electron chi connectivity index (χ0n) is 12.2. The molecule has 0 amide bonds. The second kappa shape index (κ2) is 6.42. The average molecular weight is 365 g/mol. The molecule has 0 aliphatic heterocycles. The molecule has 0 aliphatic carbocycles. The Labute approximate surface area is 146 Å². The van der Waals surface area contributed by atoms with Gasteiger partial charge in [-0.2, -0.15) is 4.98 Å². The molecule has 0 radical (unpaired) electrons. The van der Waals surface area contributed by atoms with Gasteiger partial charge >= 0.3 is 6.09 Å². The Kier molecular flexibility index (Phi) is 4.32. The van der Waals surface area contributed by atoms with Gasteiger partial charge in [-0.05, 0) is 30.7 Å². The maximum Gasteiger partial charge on any atom is 0.418 e. The Morgan fingerprint density at radius 2 is 2.00 bits per heavy atom. The van der Waals surface area contributed by atoms with Crippen LogP contribution in [0.3, 0.4) is 0 Å². The molecule has 0 bridgehead atoms. The molecular formula is C14H10Cl2N6O2. The van der Waals surface area contributed by atoms with Crippen LogP contribution in [0.25, 0.3) is 11.4 Å². The van der Waals surface area contributed by atoms with E-state index in [0.717, 1.165) is 4.57 Å². The molecule has 1 aromatic carbocycles. The van der Waals surface area contributed by atoms with Gasteiger partial charge in [0.1, 0.15) is 10.8 Å². The molecule has 3 rings (SSSR count). The molecule has 0 saturated heterocycles. The second-order valence-corrected chi connectivity index (χ2v) is 5.44. The van der Waals surface area contributed by atoms with Crippen LogP contribution in [-0.4, -0.2) is 35.9 Å². The molecule has 2 N–H and O–H groups in total. The fraction of sp³-hybridized carbons (Fsp3) is 0.0714. The first-order chi connectivity index (χ1) is 11.5. The number of rotatable bonds is 3. The molecule has 24 heavy (non-hydrogen) atoms. The molecule has 0 saturated carbocycles. The number of aryl methyl sites for hydroxylation is 1. The molecule has 3 aromatic rings. The molecular weight excluding hydrogens is 355 g/mol. The number of hydrogen-bond donors (Lipinski definition) is 2. The number of aromatic nitrogens is 5. The predicted molar refractivity (Wildman–Crippen MR) is 89.0 cm³/mol. The number of nitrogens with one attached hydrogen (secondary N) is 1. The molecule has 0 atom stereocenters. The fourth-order valence-corrected chi connectivity index (χ4v) is 2.39. The molecule has 2 heterocycles. The van der Waals surface area contributed by atoms with Crippen LogP contribution in [0.2, 0.25) is 10.3 Å². The Hall–Kier alpha value is -2.71. The minimum absolute atomic E-state index is 0.0314. The molecule has 2 aromatic heterocycles. The molecule has 8 nitrogen and oxygen atoms in total. The summed E-state index contributed by atoms with van der Waals surface area (Å²) >= 11 is 11.8. The van der Waals surface area contributed by atoms with E-state index in [9.17, 15) is 9.90 Å². The highest BCUT2D eigenvalue weighted by molar-refractivity contribution is 6.33. The highest BCUT2D eigenvalue weighted by Gasteiger charge is 2.19. The third-order valence-electron chi connectivity index (χ3n) is 3.15. The zero-order valence-corrected chi connectivity index (χ0v) is 13.7. The first-order valence-corrected chi connectivity index (χ1v) is 7.42. The van der Waals surface area contributed by atoms with Crippen molar-refractivity contribution in [1.29, 1.82) is 0 Å². The SMILES string of the molecule is Cc1nnc(-c2ccccc2Nc2nc(Cl)ncc2Cl)n1C(=O)O. The van der Waals surface area contributed by atoms with Gasteiger partial charge in [-0.1, -0.05) is 23.7 Å². The minimum Gasteiger partial charge on any atom is -0.464 e. The first-order valence-electron chi connectivity index (χ1n) is 6.67. The highest BCUT2D eigenvalue weighted by atomic mass is 35.5.